The zero-order chi connectivity index (χ0) is 13.5. The second kappa shape index (κ2) is 7.13. The molecule has 2 aromatic heterocycles. The third-order valence-electron chi connectivity index (χ3n) is 2.61. The minimum Gasteiger partial charge on any atom is -0.370 e. The minimum absolute atomic E-state index is 0.859. The monoisotopic (exact) mass is 277 g/mol. The van der Waals surface area contributed by atoms with Crippen LogP contribution in [-0.2, 0) is 6.42 Å². The highest BCUT2D eigenvalue weighted by Gasteiger charge is 2.12. The Labute approximate surface area is 117 Å². The van der Waals surface area contributed by atoms with E-state index in [-0.39, 0.29) is 0 Å². The first-order chi connectivity index (χ1) is 9.35. The summed E-state index contributed by atoms with van der Waals surface area (Å²) in [6.45, 7) is 5.24. The molecule has 0 aliphatic carbocycles. The highest BCUT2D eigenvalue weighted by molar-refractivity contribution is 7.99. The Morgan fingerprint density at radius 3 is 2.79 bits per heavy atom. The summed E-state index contributed by atoms with van der Waals surface area (Å²) in [6.07, 6.45) is 8.30. The van der Waals surface area contributed by atoms with Crippen LogP contribution in [0, 0.1) is 0 Å². The molecular weight excluding hydrogens is 258 g/mol. The molecule has 0 saturated carbocycles. The van der Waals surface area contributed by atoms with Gasteiger partial charge in [-0.15, -0.1) is 0 Å². The van der Waals surface area contributed by atoms with E-state index in [9.17, 15) is 0 Å². The summed E-state index contributed by atoms with van der Waals surface area (Å²) in [5.74, 6) is 0.952. The van der Waals surface area contributed by atoms with Crippen molar-refractivity contribution in [2.24, 2.45) is 0 Å². The zero-order valence-corrected chi connectivity index (χ0v) is 12.1. The van der Waals surface area contributed by atoms with Gasteiger partial charge >= 0.3 is 0 Å². The van der Waals surface area contributed by atoms with Gasteiger partial charge in [-0.2, -0.15) is 0 Å². The Hall–Kier alpha value is -1.56. The number of hydrogen-bond acceptors (Lipinski definition) is 5. The molecule has 0 amide bonds. The van der Waals surface area contributed by atoms with Crippen molar-refractivity contribution in [2.45, 2.75) is 43.3 Å². The normalized spacial score (nSPS) is 10.6. The van der Waals surface area contributed by atoms with E-state index in [1.54, 1.807) is 24.3 Å². The minimum atomic E-state index is 0.859. The molecule has 6 heteroatoms. The van der Waals surface area contributed by atoms with Crippen LogP contribution in [0.1, 0.15) is 32.3 Å². The van der Waals surface area contributed by atoms with Gasteiger partial charge in [-0.25, -0.2) is 15.0 Å². The predicted molar refractivity (Wildman–Crippen MR) is 77.5 cm³/mol. The number of aromatic amines is 1. The quantitative estimate of drug-likeness (QED) is 0.761. The topological polar surface area (TPSA) is 66.5 Å². The highest BCUT2D eigenvalue weighted by Crippen LogP contribution is 2.29. The van der Waals surface area contributed by atoms with Gasteiger partial charge in [0, 0.05) is 24.5 Å². The fourth-order valence-corrected chi connectivity index (χ4v) is 2.60. The summed E-state index contributed by atoms with van der Waals surface area (Å²) in [7, 11) is 0. The molecule has 0 unspecified atom stereocenters. The molecule has 0 saturated heterocycles. The lowest BCUT2D eigenvalue weighted by Gasteiger charge is -2.12. The average Bonchev–Trinajstić information content (AvgIpc) is 2.92. The molecule has 2 heterocycles. The summed E-state index contributed by atoms with van der Waals surface area (Å²) >= 11 is 1.55. The van der Waals surface area contributed by atoms with E-state index in [0.29, 0.717) is 0 Å². The molecule has 0 spiro atoms. The zero-order valence-electron chi connectivity index (χ0n) is 11.3. The Balaban J connectivity index is 2.25. The van der Waals surface area contributed by atoms with Gasteiger partial charge in [-0.1, -0.05) is 20.3 Å². The Morgan fingerprint density at radius 2 is 2.11 bits per heavy atom. The van der Waals surface area contributed by atoms with E-state index in [2.05, 4.69) is 39.1 Å². The molecule has 19 heavy (non-hydrogen) atoms. The van der Waals surface area contributed by atoms with E-state index in [1.807, 2.05) is 6.20 Å². The van der Waals surface area contributed by atoms with E-state index in [4.69, 9.17) is 0 Å². The molecular formula is C13H19N5S. The number of imidazole rings is 1. The Morgan fingerprint density at radius 1 is 1.21 bits per heavy atom. The van der Waals surface area contributed by atoms with Crippen molar-refractivity contribution in [1.82, 2.24) is 19.9 Å². The van der Waals surface area contributed by atoms with E-state index < -0.39 is 0 Å². The average molecular weight is 277 g/mol. The maximum Gasteiger partial charge on any atom is 0.171 e. The van der Waals surface area contributed by atoms with Crippen LogP contribution in [0.5, 0.6) is 0 Å². The van der Waals surface area contributed by atoms with Gasteiger partial charge in [0.2, 0.25) is 0 Å². The van der Waals surface area contributed by atoms with Crippen LogP contribution in [0.25, 0.3) is 0 Å². The number of rotatable bonds is 7. The summed E-state index contributed by atoms with van der Waals surface area (Å²) in [5, 5.41) is 5.21. The fraction of sp³-hybridized carbons (Fsp3) is 0.462. The lowest BCUT2D eigenvalue weighted by Crippen LogP contribution is -2.07. The standard InChI is InChI=1S/C13H19N5S/c1-3-5-10-11(14-6-4-2)17-9-18-12(10)19-13-15-7-8-16-13/h7-9H,3-6H2,1-2H3,(H,15,16)(H,14,17,18). The Kier molecular flexibility index (Phi) is 5.20. The molecule has 0 bridgehead atoms. The maximum absolute atomic E-state index is 4.39. The number of nitrogens with zero attached hydrogens (tertiary/aromatic N) is 3. The van der Waals surface area contributed by atoms with Crippen LogP contribution in [-0.4, -0.2) is 26.5 Å². The summed E-state index contributed by atoms with van der Waals surface area (Å²) in [6, 6.07) is 0. The van der Waals surface area contributed by atoms with Gasteiger partial charge in [0.15, 0.2) is 5.16 Å². The lowest BCUT2D eigenvalue weighted by molar-refractivity contribution is 0.847. The molecule has 2 aromatic rings. The predicted octanol–water partition coefficient (Wildman–Crippen LogP) is 3.13. The molecule has 0 aliphatic heterocycles. The van der Waals surface area contributed by atoms with Crippen molar-refractivity contribution in [3.05, 3.63) is 24.3 Å². The summed E-state index contributed by atoms with van der Waals surface area (Å²) in [5.41, 5.74) is 1.18. The molecule has 102 valence electrons. The molecule has 2 rings (SSSR count). The van der Waals surface area contributed by atoms with Gasteiger partial charge in [0.25, 0.3) is 0 Å². The van der Waals surface area contributed by atoms with Crippen molar-refractivity contribution >= 4 is 17.6 Å². The number of anilines is 1. The molecule has 5 nitrogen and oxygen atoms in total. The molecule has 0 fully saturated rings. The largest absolute Gasteiger partial charge is 0.370 e. The third kappa shape index (κ3) is 3.70. The van der Waals surface area contributed by atoms with Gasteiger partial charge in [-0.3, -0.25) is 0 Å². The molecule has 2 N–H and O–H groups in total. The van der Waals surface area contributed by atoms with Crippen LogP contribution < -0.4 is 5.32 Å². The van der Waals surface area contributed by atoms with Gasteiger partial charge in [-0.05, 0) is 24.6 Å². The lowest BCUT2D eigenvalue weighted by atomic mass is 10.2. The maximum atomic E-state index is 4.39. The van der Waals surface area contributed by atoms with Crippen LogP contribution in [0.4, 0.5) is 5.82 Å². The molecule has 0 aromatic carbocycles. The van der Waals surface area contributed by atoms with Crippen LogP contribution in [0.2, 0.25) is 0 Å². The van der Waals surface area contributed by atoms with Crippen molar-refractivity contribution in [1.29, 1.82) is 0 Å². The SMILES string of the molecule is CCCNc1ncnc(Sc2ncc[nH]2)c1CCC. The highest BCUT2D eigenvalue weighted by atomic mass is 32.2. The van der Waals surface area contributed by atoms with Crippen LogP contribution in [0.15, 0.2) is 28.9 Å². The number of H-pyrrole nitrogens is 1. The molecule has 0 radical (unpaired) electrons. The van der Waals surface area contributed by atoms with E-state index in [1.165, 1.54) is 5.56 Å². The van der Waals surface area contributed by atoms with Crippen LogP contribution >= 0.6 is 11.8 Å². The van der Waals surface area contributed by atoms with Crippen molar-refractivity contribution < 1.29 is 0 Å². The fourth-order valence-electron chi connectivity index (χ4n) is 1.75. The number of hydrogen-bond donors (Lipinski definition) is 2. The first-order valence-corrected chi connectivity index (χ1v) is 7.41. The first-order valence-electron chi connectivity index (χ1n) is 6.60. The Bertz CT molecular complexity index is 498. The third-order valence-corrected chi connectivity index (χ3v) is 3.58. The van der Waals surface area contributed by atoms with Gasteiger partial charge in [0.1, 0.15) is 17.2 Å². The first kappa shape index (κ1) is 13.9. The van der Waals surface area contributed by atoms with E-state index in [0.717, 1.165) is 41.8 Å². The summed E-state index contributed by atoms with van der Waals surface area (Å²) in [4.78, 5) is 16.1. The van der Waals surface area contributed by atoms with Gasteiger partial charge in [0.05, 0.1) is 0 Å². The number of nitrogens with one attached hydrogen (secondary N) is 2. The second-order valence-electron chi connectivity index (χ2n) is 4.18. The summed E-state index contributed by atoms with van der Waals surface area (Å²) < 4.78 is 0. The van der Waals surface area contributed by atoms with Crippen LogP contribution in [0.3, 0.4) is 0 Å². The van der Waals surface area contributed by atoms with Crippen molar-refractivity contribution in [2.75, 3.05) is 11.9 Å². The van der Waals surface area contributed by atoms with Crippen molar-refractivity contribution in [3.63, 3.8) is 0 Å². The second-order valence-corrected chi connectivity index (χ2v) is 5.16. The molecule has 0 atom stereocenters. The van der Waals surface area contributed by atoms with Gasteiger partial charge < -0.3 is 10.3 Å². The smallest absolute Gasteiger partial charge is 0.171 e. The number of aromatic nitrogens is 4. The van der Waals surface area contributed by atoms with Crippen molar-refractivity contribution in [3.8, 4) is 0 Å². The van der Waals surface area contributed by atoms with E-state index >= 15 is 0 Å². The molecule has 0 aliphatic rings.